The number of aromatic amines is 1. The molecule has 0 aromatic carbocycles. The Bertz CT molecular complexity index is 609. The van der Waals surface area contributed by atoms with Crippen molar-refractivity contribution in [3.8, 4) is 0 Å². The van der Waals surface area contributed by atoms with Gasteiger partial charge in [-0.2, -0.15) is 0 Å². The lowest BCUT2D eigenvalue weighted by atomic mass is 10.1. The summed E-state index contributed by atoms with van der Waals surface area (Å²) < 4.78 is 10.9. The molecule has 4 N–H and O–H groups in total. The normalized spacial score (nSPS) is 41.7. The van der Waals surface area contributed by atoms with Gasteiger partial charge in [-0.15, -0.1) is 0 Å². The molecule has 1 aromatic rings. The maximum absolute atomic E-state index is 11.6. The van der Waals surface area contributed by atoms with Gasteiger partial charge in [0.1, 0.15) is 12.2 Å². The maximum Gasteiger partial charge on any atom is 0.332 e. The van der Waals surface area contributed by atoms with Gasteiger partial charge in [0.05, 0.1) is 6.61 Å². The standard InChI is InChI=1S/C9H10N2O7/c12-3-4-6(14)8(16)9(17-4,18-8)11-2-1-5(13)10-7(11)15/h1-2,4,6,12,14,16H,3H2,(H,10,13,15)/t4-,6-,8+,9+/m1/s1. The second-order valence-corrected chi connectivity index (χ2v) is 4.14. The Hall–Kier alpha value is -1.52. The molecule has 2 fully saturated rings. The average molecular weight is 258 g/mol. The third kappa shape index (κ3) is 1.17. The molecule has 98 valence electrons. The minimum absolute atomic E-state index is 0.549. The monoisotopic (exact) mass is 258 g/mol. The highest BCUT2D eigenvalue weighted by molar-refractivity contribution is 5.12. The van der Waals surface area contributed by atoms with Gasteiger partial charge in [0.15, 0.2) is 0 Å². The number of hydrogen-bond acceptors (Lipinski definition) is 7. The van der Waals surface area contributed by atoms with Crippen LogP contribution in [0, 0.1) is 0 Å². The zero-order chi connectivity index (χ0) is 13.1. The molecule has 2 aliphatic heterocycles. The number of aliphatic hydroxyl groups is 3. The van der Waals surface area contributed by atoms with Crippen LogP contribution in [0.15, 0.2) is 21.9 Å². The molecule has 0 aliphatic carbocycles. The third-order valence-corrected chi connectivity index (χ3v) is 3.09. The zero-order valence-electron chi connectivity index (χ0n) is 8.94. The van der Waals surface area contributed by atoms with Gasteiger partial charge in [0.2, 0.25) is 0 Å². The van der Waals surface area contributed by atoms with Crippen molar-refractivity contribution in [3.05, 3.63) is 33.1 Å². The Labute approximate surface area is 98.8 Å². The largest absolute Gasteiger partial charge is 0.394 e. The highest BCUT2D eigenvalue weighted by Gasteiger charge is 2.84. The van der Waals surface area contributed by atoms with E-state index in [9.17, 15) is 19.8 Å². The van der Waals surface area contributed by atoms with Gasteiger partial charge in [-0.25, -0.2) is 9.36 Å². The number of rotatable bonds is 2. The van der Waals surface area contributed by atoms with E-state index in [1.807, 2.05) is 4.98 Å². The minimum atomic E-state index is -2.11. The Balaban J connectivity index is 2.09. The molecule has 1 aromatic heterocycles. The Morgan fingerprint density at radius 1 is 1.50 bits per heavy atom. The van der Waals surface area contributed by atoms with E-state index in [1.165, 1.54) is 0 Å². The first-order chi connectivity index (χ1) is 8.44. The summed E-state index contributed by atoms with van der Waals surface area (Å²) in [6.07, 6.45) is -1.50. The van der Waals surface area contributed by atoms with Crippen LogP contribution in [-0.4, -0.2) is 49.5 Å². The van der Waals surface area contributed by atoms with Gasteiger partial charge in [-0.3, -0.25) is 14.5 Å². The smallest absolute Gasteiger partial charge is 0.332 e. The summed E-state index contributed by atoms with van der Waals surface area (Å²) in [5, 5.41) is 28.6. The summed E-state index contributed by atoms with van der Waals surface area (Å²) in [7, 11) is 0. The second kappa shape index (κ2) is 3.28. The molecule has 0 spiro atoms. The molecule has 2 saturated heterocycles. The molecule has 4 atom stereocenters. The summed E-state index contributed by atoms with van der Waals surface area (Å²) in [6, 6.07) is 1.04. The zero-order valence-corrected chi connectivity index (χ0v) is 8.94. The molecule has 9 nitrogen and oxygen atoms in total. The predicted octanol–water partition coefficient (Wildman–Crippen LogP) is -3.38. The molecule has 0 radical (unpaired) electrons. The van der Waals surface area contributed by atoms with Gasteiger partial charge in [0.25, 0.3) is 11.3 Å². The van der Waals surface area contributed by atoms with Crippen LogP contribution in [-0.2, 0) is 15.4 Å². The van der Waals surface area contributed by atoms with E-state index in [1.54, 1.807) is 0 Å². The van der Waals surface area contributed by atoms with E-state index in [-0.39, 0.29) is 0 Å². The number of fused-ring (bicyclic) bond motifs is 1. The molecule has 0 amide bonds. The fourth-order valence-corrected chi connectivity index (χ4v) is 2.13. The molecule has 18 heavy (non-hydrogen) atoms. The number of nitrogens with one attached hydrogen (secondary N) is 1. The molecule has 9 heteroatoms. The molecule has 3 heterocycles. The highest BCUT2D eigenvalue weighted by Crippen LogP contribution is 2.59. The van der Waals surface area contributed by atoms with Crippen molar-refractivity contribution in [2.75, 3.05) is 6.61 Å². The van der Waals surface area contributed by atoms with Gasteiger partial charge in [-0.1, -0.05) is 0 Å². The lowest BCUT2D eigenvalue weighted by molar-refractivity contribution is -0.179. The van der Waals surface area contributed by atoms with Crippen LogP contribution in [0.25, 0.3) is 0 Å². The minimum Gasteiger partial charge on any atom is -0.394 e. The summed E-state index contributed by atoms with van der Waals surface area (Å²) >= 11 is 0. The van der Waals surface area contributed by atoms with Crippen molar-refractivity contribution in [3.63, 3.8) is 0 Å². The topological polar surface area (TPSA) is 137 Å². The molecule has 2 aliphatic rings. The van der Waals surface area contributed by atoms with Crippen LogP contribution in [0.4, 0.5) is 0 Å². The summed E-state index contributed by atoms with van der Waals surface area (Å²) in [5.74, 6) is -4.01. The number of H-pyrrole nitrogens is 1. The molecule has 3 rings (SSSR count). The van der Waals surface area contributed by atoms with E-state index >= 15 is 0 Å². The molecular weight excluding hydrogens is 248 g/mol. The van der Waals surface area contributed by atoms with Crippen molar-refractivity contribution >= 4 is 0 Å². The van der Waals surface area contributed by atoms with Gasteiger partial charge in [0, 0.05) is 12.3 Å². The third-order valence-electron chi connectivity index (χ3n) is 3.09. The molecular formula is C9H10N2O7. The van der Waals surface area contributed by atoms with Crippen LogP contribution >= 0.6 is 0 Å². The first-order valence-electron chi connectivity index (χ1n) is 5.16. The Kier molecular flexibility index (Phi) is 2.10. The SMILES string of the molecule is O=c1ccn([C@]23O[C@H](CO)[C@@H](O)[C@]2(O)O3)c(=O)[nH]1. The van der Waals surface area contributed by atoms with E-state index < -0.39 is 41.8 Å². The number of hydrogen-bond donors (Lipinski definition) is 4. The van der Waals surface area contributed by atoms with Crippen molar-refractivity contribution in [2.24, 2.45) is 0 Å². The quantitative estimate of drug-likeness (QED) is 0.406. The number of nitrogens with zero attached hydrogens (tertiary/aromatic N) is 1. The number of ether oxygens (including phenoxy) is 2. The van der Waals surface area contributed by atoms with E-state index in [0.29, 0.717) is 0 Å². The van der Waals surface area contributed by atoms with Crippen molar-refractivity contribution in [1.29, 1.82) is 0 Å². The summed E-state index contributed by atoms with van der Waals surface area (Å²) in [4.78, 5) is 24.5. The number of epoxide rings is 1. The van der Waals surface area contributed by atoms with Crippen LogP contribution in [0.2, 0.25) is 0 Å². The van der Waals surface area contributed by atoms with Crippen LogP contribution in [0.1, 0.15) is 0 Å². The Morgan fingerprint density at radius 3 is 2.78 bits per heavy atom. The first kappa shape index (κ1) is 11.6. The molecule has 0 bridgehead atoms. The van der Waals surface area contributed by atoms with E-state index in [2.05, 4.69) is 0 Å². The Morgan fingerprint density at radius 2 is 2.22 bits per heavy atom. The molecule has 0 unspecified atom stereocenters. The number of aliphatic hydroxyl groups excluding tert-OH is 2. The van der Waals surface area contributed by atoms with Crippen LogP contribution < -0.4 is 11.2 Å². The fourth-order valence-electron chi connectivity index (χ4n) is 2.13. The lowest BCUT2D eigenvalue weighted by Gasteiger charge is -2.16. The van der Waals surface area contributed by atoms with Crippen molar-refractivity contribution < 1.29 is 24.8 Å². The van der Waals surface area contributed by atoms with E-state index in [4.69, 9.17) is 14.6 Å². The number of aromatic nitrogens is 2. The lowest BCUT2D eigenvalue weighted by Crippen LogP contribution is -2.40. The van der Waals surface area contributed by atoms with Gasteiger partial charge in [-0.05, 0) is 0 Å². The van der Waals surface area contributed by atoms with Gasteiger partial charge >= 0.3 is 11.6 Å². The average Bonchev–Trinajstić information content (AvgIpc) is 2.86. The van der Waals surface area contributed by atoms with Crippen LogP contribution in [0.3, 0.4) is 0 Å². The fraction of sp³-hybridized carbons (Fsp3) is 0.556. The van der Waals surface area contributed by atoms with Crippen LogP contribution in [0.5, 0.6) is 0 Å². The first-order valence-corrected chi connectivity index (χ1v) is 5.16. The highest BCUT2D eigenvalue weighted by atomic mass is 16.9. The van der Waals surface area contributed by atoms with Crippen molar-refractivity contribution in [1.82, 2.24) is 9.55 Å². The second-order valence-electron chi connectivity index (χ2n) is 4.14. The van der Waals surface area contributed by atoms with Gasteiger partial charge < -0.3 is 20.1 Å². The molecule has 0 saturated carbocycles. The van der Waals surface area contributed by atoms with E-state index in [0.717, 1.165) is 16.8 Å². The predicted molar refractivity (Wildman–Crippen MR) is 53.3 cm³/mol. The summed E-state index contributed by atoms with van der Waals surface area (Å²) in [6.45, 7) is -0.549. The summed E-state index contributed by atoms with van der Waals surface area (Å²) in [5.41, 5.74) is -1.47. The maximum atomic E-state index is 11.6. The van der Waals surface area contributed by atoms with Crippen molar-refractivity contribution in [2.45, 2.75) is 23.9 Å².